The molecule has 0 aliphatic carbocycles. The third-order valence-corrected chi connectivity index (χ3v) is 4.91. The molecule has 0 radical (unpaired) electrons. The van der Waals surface area contributed by atoms with Gasteiger partial charge in [-0.3, -0.25) is 14.6 Å². The Hall–Kier alpha value is -4.45. The number of rotatable bonds is 7. The van der Waals surface area contributed by atoms with E-state index in [1.54, 1.807) is 67.0 Å². The Morgan fingerprint density at radius 3 is 2.15 bits per heavy atom. The summed E-state index contributed by atoms with van der Waals surface area (Å²) < 4.78 is 5.86. The highest BCUT2D eigenvalue weighted by Gasteiger charge is 2.10. The predicted molar refractivity (Wildman–Crippen MR) is 129 cm³/mol. The van der Waals surface area contributed by atoms with Gasteiger partial charge in [0.1, 0.15) is 12.4 Å². The van der Waals surface area contributed by atoms with Crippen LogP contribution in [0.1, 0.15) is 31.8 Å². The highest BCUT2D eigenvalue weighted by molar-refractivity contribution is 6.06. The lowest BCUT2D eigenvalue weighted by Crippen LogP contribution is -2.14. The third kappa shape index (κ3) is 6.04. The fourth-order valence-electron chi connectivity index (χ4n) is 3.28. The summed E-state index contributed by atoms with van der Waals surface area (Å²) >= 11 is 0. The van der Waals surface area contributed by atoms with Crippen LogP contribution in [0.5, 0.6) is 5.75 Å². The van der Waals surface area contributed by atoms with Gasteiger partial charge in [0.2, 0.25) is 0 Å². The number of anilines is 2. The van der Waals surface area contributed by atoms with Crippen LogP contribution in [0.2, 0.25) is 0 Å². The summed E-state index contributed by atoms with van der Waals surface area (Å²) in [5, 5.41) is 5.68. The smallest absolute Gasteiger partial charge is 0.255 e. The SMILES string of the molecule is Cc1cccc(COc2cccc(C(=O)Nc3cccc(NC(=O)c4ccncc4)c3)c2)c1. The molecule has 0 aliphatic rings. The van der Waals surface area contributed by atoms with Crippen molar-refractivity contribution in [1.29, 1.82) is 0 Å². The number of carbonyl (C=O) groups excluding carboxylic acids is 2. The van der Waals surface area contributed by atoms with Crippen LogP contribution in [-0.4, -0.2) is 16.8 Å². The Balaban J connectivity index is 1.39. The first-order valence-electron chi connectivity index (χ1n) is 10.5. The van der Waals surface area contributed by atoms with Crippen molar-refractivity contribution < 1.29 is 14.3 Å². The lowest BCUT2D eigenvalue weighted by molar-refractivity contribution is 0.101. The van der Waals surface area contributed by atoms with Gasteiger partial charge in [0.15, 0.2) is 0 Å². The molecule has 1 heterocycles. The van der Waals surface area contributed by atoms with Crippen molar-refractivity contribution in [3.05, 3.63) is 120 Å². The van der Waals surface area contributed by atoms with E-state index in [1.807, 2.05) is 31.2 Å². The standard InChI is InChI=1S/C27H23N3O3/c1-19-5-2-6-20(15-19)18-33-25-10-3-7-22(16-25)27(32)30-24-9-4-8-23(17-24)29-26(31)21-11-13-28-14-12-21/h2-17H,18H2,1H3,(H,29,31)(H,30,32). The minimum Gasteiger partial charge on any atom is -0.489 e. The molecular formula is C27H23N3O3. The Bertz CT molecular complexity index is 1270. The fourth-order valence-corrected chi connectivity index (χ4v) is 3.28. The van der Waals surface area contributed by atoms with E-state index in [1.165, 1.54) is 5.56 Å². The first kappa shape index (κ1) is 21.8. The molecule has 2 N–H and O–H groups in total. The summed E-state index contributed by atoms with van der Waals surface area (Å²) in [5.41, 5.74) is 4.35. The maximum absolute atomic E-state index is 12.8. The van der Waals surface area contributed by atoms with Crippen molar-refractivity contribution in [3.8, 4) is 5.75 Å². The van der Waals surface area contributed by atoms with Gasteiger partial charge in [0.05, 0.1) is 0 Å². The van der Waals surface area contributed by atoms with Crippen molar-refractivity contribution >= 4 is 23.2 Å². The summed E-state index contributed by atoms with van der Waals surface area (Å²) in [6.07, 6.45) is 3.12. The third-order valence-electron chi connectivity index (χ3n) is 4.91. The Labute approximate surface area is 192 Å². The van der Waals surface area contributed by atoms with Crippen LogP contribution in [0.3, 0.4) is 0 Å². The van der Waals surface area contributed by atoms with E-state index in [2.05, 4.69) is 21.7 Å². The van der Waals surface area contributed by atoms with Gasteiger partial charge >= 0.3 is 0 Å². The summed E-state index contributed by atoms with van der Waals surface area (Å²) in [6, 6.07) is 25.4. The maximum atomic E-state index is 12.8. The molecule has 2 amide bonds. The normalized spacial score (nSPS) is 10.3. The summed E-state index contributed by atoms with van der Waals surface area (Å²) in [6.45, 7) is 2.46. The quantitative estimate of drug-likeness (QED) is 0.402. The van der Waals surface area contributed by atoms with Crippen molar-refractivity contribution in [2.75, 3.05) is 10.6 Å². The van der Waals surface area contributed by atoms with E-state index >= 15 is 0 Å². The molecule has 0 saturated carbocycles. The number of carbonyl (C=O) groups is 2. The molecule has 3 aromatic carbocycles. The number of aryl methyl sites for hydroxylation is 1. The number of nitrogens with one attached hydrogen (secondary N) is 2. The summed E-state index contributed by atoms with van der Waals surface area (Å²) in [7, 11) is 0. The lowest BCUT2D eigenvalue weighted by Gasteiger charge is -2.11. The summed E-state index contributed by atoms with van der Waals surface area (Å²) in [4.78, 5) is 29.0. The number of hydrogen-bond acceptors (Lipinski definition) is 4. The van der Waals surface area contributed by atoms with E-state index in [4.69, 9.17) is 4.74 Å². The minimum absolute atomic E-state index is 0.251. The van der Waals surface area contributed by atoms with Crippen molar-refractivity contribution in [1.82, 2.24) is 4.98 Å². The van der Waals surface area contributed by atoms with Crippen LogP contribution < -0.4 is 15.4 Å². The molecule has 4 rings (SSSR count). The molecule has 6 heteroatoms. The van der Waals surface area contributed by atoms with Gasteiger partial charge < -0.3 is 15.4 Å². The number of amides is 2. The number of ether oxygens (including phenoxy) is 1. The zero-order valence-electron chi connectivity index (χ0n) is 18.1. The molecule has 0 atom stereocenters. The molecule has 0 spiro atoms. The van der Waals surface area contributed by atoms with E-state index in [0.29, 0.717) is 34.9 Å². The molecule has 0 fully saturated rings. The van der Waals surface area contributed by atoms with Crippen molar-refractivity contribution in [3.63, 3.8) is 0 Å². The average molecular weight is 437 g/mol. The van der Waals surface area contributed by atoms with Crippen molar-refractivity contribution in [2.24, 2.45) is 0 Å². The Kier molecular flexibility index (Phi) is 6.75. The second kappa shape index (κ2) is 10.2. The number of aromatic nitrogens is 1. The van der Waals surface area contributed by atoms with Crippen LogP contribution in [0.25, 0.3) is 0 Å². The van der Waals surface area contributed by atoms with Gasteiger partial charge in [-0.05, 0) is 61.0 Å². The fraction of sp³-hybridized carbons (Fsp3) is 0.0741. The molecular weight excluding hydrogens is 414 g/mol. The zero-order valence-corrected chi connectivity index (χ0v) is 18.1. The molecule has 0 unspecified atom stereocenters. The predicted octanol–water partition coefficient (Wildman–Crippen LogP) is 5.47. The molecule has 0 bridgehead atoms. The van der Waals surface area contributed by atoms with E-state index in [-0.39, 0.29) is 11.8 Å². The molecule has 6 nitrogen and oxygen atoms in total. The first-order valence-corrected chi connectivity index (χ1v) is 10.5. The highest BCUT2D eigenvalue weighted by atomic mass is 16.5. The molecule has 164 valence electrons. The van der Waals surface area contributed by atoms with Gasteiger partial charge in [0, 0.05) is 34.9 Å². The molecule has 4 aromatic rings. The summed E-state index contributed by atoms with van der Waals surface area (Å²) in [5.74, 6) is 0.0930. The first-order chi connectivity index (χ1) is 16.1. The van der Waals surface area contributed by atoms with Crippen LogP contribution in [0.15, 0.2) is 97.3 Å². The van der Waals surface area contributed by atoms with Gasteiger partial charge in [-0.1, -0.05) is 42.0 Å². The van der Waals surface area contributed by atoms with E-state index < -0.39 is 0 Å². The Morgan fingerprint density at radius 1 is 0.758 bits per heavy atom. The number of pyridine rings is 1. The largest absolute Gasteiger partial charge is 0.489 e. The van der Waals surface area contributed by atoms with E-state index in [0.717, 1.165) is 5.56 Å². The monoisotopic (exact) mass is 437 g/mol. The highest BCUT2D eigenvalue weighted by Crippen LogP contribution is 2.19. The molecule has 0 saturated heterocycles. The van der Waals surface area contributed by atoms with Gasteiger partial charge in [-0.25, -0.2) is 0 Å². The zero-order chi connectivity index (χ0) is 23.0. The second-order valence-electron chi connectivity index (χ2n) is 7.53. The van der Waals surface area contributed by atoms with Crippen molar-refractivity contribution in [2.45, 2.75) is 13.5 Å². The topological polar surface area (TPSA) is 80.3 Å². The van der Waals surface area contributed by atoms with Crippen LogP contribution in [0, 0.1) is 6.92 Å². The van der Waals surface area contributed by atoms with Crippen LogP contribution >= 0.6 is 0 Å². The minimum atomic E-state index is -0.270. The van der Waals surface area contributed by atoms with Gasteiger partial charge in [-0.15, -0.1) is 0 Å². The maximum Gasteiger partial charge on any atom is 0.255 e. The molecule has 0 aliphatic heterocycles. The van der Waals surface area contributed by atoms with E-state index in [9.17, 15) is 9.59 Å². The molecule has 33 heavy (non-hydrogen) atoms. The lowest BCUT2D eigenvalue weighted by atomic mass is 10.1. The van der Waals surface area contributed by atoms with Gasteiger partial charge in [0.25, 0.3) is 11.8 Å². The Morgan fingerprint density at radius 2 is 1.42 bits per heavy atom. The molecule has 1 aromatic heterocycles. The number of hydrogen-bond donors (Lipinski definition) is 2. The van der Waals surface area contributed by atoms with Crippen LogP contribution in [-0.2, 0) is 6.61 Å². The number of benzene rings is 3. The number of nitrogens with zero attached hydrogens (tertiary/aromatic N) is 1. The van der Waals surface area contributed by atoms with Gasteiger partial charge in [-0.2, -0.15) is 0 Å². The second-order valence-corrected chi connectivity index (χ2v) is 7.53. The van der Waals surface area contributed by atoms with Crippen LogP contribution in [0.4, 0.5) is 11.4 Å². The average Bonchev–Trinajstić information content (AvgIpc) is 2.84.